The van der Waals surface area contributed by atoms with Gasteiger partial charge in [0.1, 0.15) is 12.4 Å². The number of halogens is 1. The van der Waals surface area contributed by atoms with Crippen LogP contribution in [0.5, 0.6) is 5.75 Å². The molecule has 1 aromatic heterocycles. The van der Waals surface area contributed by atoms with E-state index in [1.54, 1.807) is 6.07 Å². The van der Waals surface area contributed by atoms with Gasteiger partial charge in [0.05, 0.1) is 5.75 Å². The Morgan fingerprint density at radius 2 is 2.24 bits per heavy atom. The third-order valence-corrected chi connectivity index (χ3v) is 4.72. The largest absolute Gasteiger partial charge is 0.486 e. The fourth-order valence-corrected chi connectivity index (χ4v) is 2.81. The zero-order valence-electron chi connectivity index (χ0n) is 14.5. The lowest BCUT2D eigenvalue weighted by atomic mass is 10.2. The van der Waals surface area contributed by atoms with Crippen LogP contribution in [0.15, 0.2) is 23.4 Å². The van der Waals surface area contributed by atoms with Crippen LogP contribution in [0.2, 0.25) is 5.02 Å². The number of carbonyl (C=O) groups excluding carboxylic acids is 1. The number of hydrogen-bond acceptors (Lipinski definition) is 5. The Morgan fingerprint density at radius 1 is 1.40 bits per heavy atom. The molecule has 0 spiro atoms. The van der Waals surface area contributed by atoms with Crippen LogP contribution in [-0.4, -0.2) is 33.4 Å². The summed E-state index contributed by atoms with van der Waals surface area (Å²) in [6.07, 6.45) is 3.28. The number of rotatable bonds is 10. The van der Waals surface area contributed by atoms with E-state index in [2.05, 4.69) is 27.4 Å². The van der Waals surface area contributed by atoms with E-state index in [1.165, 1.54) is 11.8 Å². The van der Waals surface area contributed by atoms with Gasteiger partial charge in [-0.05, 0) is 37.1 Å². The molecule has 1 heterocycles. The molecule has 0 aliphatic rings. The number of aromatic amines is 1. The van der Waals surface area contributed by atoms with Gasteiger partial charge in [-0.3, -0.25) is 9.89 Å². The standard InChI is InChI=1S/C17H23ClN4O2S/c1-3-4-5-8-19-16(23)11-25-17-20-15(21-22-17)10-24-13-6-7-14(18)12(2)9-13/h6-7,9H,3-5,8,10-11H2,1-2H3,(H,19,23)(H,20,21,22). The molecule has 25 heavy (non-hydrogen) atoms. The fourth-order valence-electron chi connectivity index (χ4n) is 2.05. The van der Waals surface area contributed by atoms with Crippen LogP contribution in [-0.2, 0) is 11.4 Å². The minimum absolute atomic E-state index is 0.000317. The maximum atomic E-state index is 11.7. The molecule has 0 saturated heterocycles. The first-order chi connectivity index (χ1) is 12.1. The molecule has 0 fully saturated rings. The van der Waals surface area contributed by atoms with Gasteiger partial charge in [0.2, 0.25) is 11.1 Å². The Bertz CT molecular complexity index is 693. The molecule has 136 valence electrons. The number of nitrogens with one attached hydrogen (secondary N) is 2. The minimum Gasteiger partial charge on any atom is -0.486 e. The lowest BCUT2D eigenvalue weighted by Crippen LogP contribution is -2.26. The average molecular weight is 383 g/mol. The second kappa shape index (κ2) is 10.3. The quantitative estimate of drug-likeness (QED) is 0.483. The lowest BCUT2D eigenvalue weighted by Gasteiger charge is -2.05. The molecule has 0 aliphatic carbocycles. The summed E-state index contributed by atoms with van der Waals surface area (Å²) in [5, 5.41) is 11.0. The van der Waals surface area contributed by atoms with Gasteiger partial charge in [0.15, 0.2) is 5.82 Å². The van der Waals surface area contributed by atoms with E-state index in [-0.39, 0.29) is 12.5 Å². The van der Waals surface area contributed by atoms with Gasteiger partial charge in [-0.2, -0.15) is 0 Å². The highest BCUT2D eigenvalue weighted by molar-refractivity contribution is 7.99. The van der Waals surface area contributed by atoms with E-state index in [0.717, 1.165) is 37.1 Å². The molecule has 0 bridgehead atoms. The zero-order chi connectivity index (χ0) is 18.1. The van der Waals surface area contributed by atoms with E-state index >= 15 is 0 Å². The summed E-state index contributed by atoms with van der Waals surface area (Å²) in [7, 11) is 0. The Labute approximate surface area is 157 Å². The highest BCUT2D eigenvalue weighted by atomic mass is 35.5. The fraction of sp³-hybridized carbons (Fsp3) is 0.471. The summed E-state index contributed by atoms with van der Waals surface area (Å²) in [4.78, 5) is 16.0. The maximum Gasteiger partial charge on any atom is 0.230 e. The monoisotopic (exact) mass is 382 g/mol. The second-order valence-corrected chi connectivity index (χ2v) is 6.96. The average Bonchev–Trinajstić information content (AvgIpc) is 3.06. The molecule has 0 aliphatic heterocycles. The number of unbranched alkanes of at least 4 members (excludes halogenated alkanes) is 2. The number of benzene rings is 1. The highest BCUT2D eigenvalue weighted by Crippen LogP contribution is 2.21. The molecule has 2 rings (SSSR count). The molecule has 1 amide bonds. The number of thioether (sulfide) groups is 1. The van der Waals surface area contributed by atoms with Crippen LogP contribution < -0.4 is 10.1 Å². The third kappa shape index (κ3) is 6.96. The van der Waals surface area contributed by atoms with Crippen molar-refractivity contribution in [3.8, 4) is 5.75 Å². The second-order valence-electron chi connectivity index (χ2n) is 5.61. The minimum atomic E-state index is 0.000317. The number of nitrogens with zero attached hydrogens (tertiary/aromatic N) is 2. The summed E-state index contributed by atoms with van der Waals surface area (Å²) in [5.41, 5.74) is 0.956. The Morgan fingerprint density at radius 3 is 3.00 bits per heavy atom. The first kappa shape index (κ1) is 19.6. The molecule has 0 unspecified atom stereocenters. The van der Waals surface area contributed by atoms with Gasteiger partial charge in [-0.25, -0.2) is 4.98 Å². The smallest absolute Gasteiger partial charge is 0.230 e. The first-order valence-electron chi connectivity index (χ1n) is 8.28. The Balaban J connectivity index is 1.72. The molecule has 8 heteroatoms. The van der Waals surface area contributed by atoms with Crippen molar-refractivity contribution in [3.05, 3.63) is 34.6 Å². The normalized spacial score (nSPS) is 10.7. The van der Waals surface area contributed by atoms with Gasteiger partial charge < -0.3 is 10.1 Å². The van der Waals surface area contributed by atoms with Gasteiger partial charge in [-0.1, -0.05) is 43.1 Å². The SMILES string of the molecule is CCCCCNC(=O)CSc1n[nH]c(COc2ccc(Cl)c(C)c2)n1. The number of carbonyl (C=O) groups is 1. The van der Waals surface area contributed by atoms with Crippen LogP contribution in [0, 0.1) is 6.92 Å². The van der Waals surface area contributed by atoms with E-state index in [9.17, 15) is 4.79 Å². The first-order valence-corrected chi connectivity index (χ1v) is 9.64. The maximum absolute atomic E-state index is 11.7. The summed E-state index contributed by atoms with van der Waals surface area (Å²) < 4.78 is 5.66. The molecular weight excluding hydrogens is 360 g/mol. The number of H-pyrrole nitrogens is 1. The molecule has 2 N–H and O–H groups in total. The van der Waals surface area contributed by atoms with Crippen molar-refractivity contribution in [1.29, 1.82) is 0 Å². The van der Waals surface area contributed by atoms with Gasteiger partial charge in [-0.15, -0.1) is 5.10 Å². The van der Waals surface area contributed by atoms with E-state index in [4.69, 9.17) is 16.3 Å². The van der Waals surface area contributed by atoms with Crippen molar-refractivity contribution in [2.45, 2.75) is 44.9 Å². The van der Waals surface area contributed by atoms with Crippen molar-refractivity contribution in [2.24, 2.45) is 0 Å². The predicted octanol–water partition coefficient (Wildman–Crippen LogP) is 3.74. The van der Waals surface area contributed by atoms with Gasteiger partial charge in [0, 0.05) is 11.6 Å². The summed E-state index contributed by atoms with van der Waals surface area (Å²) in [5.74, 6) is 1.64. The van der Waals surface area contributed by atoms with E-state index in [0.29, 0.717) is 21.8 Å². The van der Waals surface area contributed by atoms with Crippen LogP contribution in [0.4, 0.5) is 0 Å². The summed E-state index contributed by atoms with van der Waals surface area (Å²) in [6.45, 7) is 5.06. The molecule has 1 aromatic carbocycles. The van der Waals surface area contributed by atoms with Crippen molar-refractivity contribution in [2.75, 3.05) is 12.3 Å². The summed E-state index contributed by atoms with van der Waals surface area (Å²) in [6, 6.07) is 5.48. The van der Waals surface area contributed by atoms with E-state index < -0.39 is 0 Å². The number of amides is 1. The van der Waals surface area contributed by atoms with Crippen LogP contribution in [0.1, 0.15) is 37.6 Å². The van der Waals surface area contributed by atoms with E-state index in [1.807, 2.05) is 19.1 Å². The Hall–Kier alpha value is -1.73. The molecule has 0 saturated carbocycles. The third-order valence-electron chi connectivity index (χ3n) is 3.45. The van der Waals surface area contributed by atoms with Crippen LogP contribution in [0.25, 0.3) is 0 Å². The van der Waals surface area contributed by atoms with Crippen molar-refractivity contribution in [3.63, 3.8) is 0 Å². The van der Waals surface area contributed by atoms with Crippen LogP contribution >= 0.6 is 23.4 Å². The van der Waals surface area contributed by atoms with Crippen molar-refractivity contribution >= 4 is 29.3 Å². The van der Waals surface area contributed by atoms with Crippen molar-refractivity contribution < 1.29 is 9.53 Å². The van der Waals surface area contributed by atoms with Crippen LogP contribution in [0.3, 0.4) is 0 Å². The topological polar surface area (TPSA) is 79.9 Å². The van der Waals surface area contributed by atoms with Gasteiger partial charge >= 0.3 is 0 Å². The number of aromatic nitrogens is 3. The Kier molecular flexibility index (Phi) is 8.08. The number of ether oxygens (including phenoxy) is 1. The molecular formula is C17H23ClN4O2S. The molecule has 0 atom stereocenters. The van der Waals surface area contributed by atoms with Gasteiger partial charge in [0.25, 0.3) is 0 Å². The lowest BCUT2D eigenvalue weighted by molar-refractivity contribution is -0.118. The number of aryl methyl sites for hydroxylation is 1. The predicted molar refractivity (Wildman–Crippen MR) is 100 cm³/mol. The molecule has 2 aromatic rings. The summed E-state index contributed by atoms with van der Waals surface area (Å²) >= 11 is 7.29. The molecule has 6 nitrogen and oxygen atoms in total. The molecule has 0 radical (unpaired) electrons. The van der Waals surface area contributed by atoms with Crippen molar-refractivity contribution in [1.82, 2.24) is 20.5 Å². The highest BCUT2D eigenvalue weighted by Gasteiger charge is 2.08. The number of hydrogen-bond donors (Lipinski definition) is 2. The zero-order valence-corrected chi connectivity index (χ0v) is 16.0.